The lowest BCUT2D eigenvalue weighted by molar-refractivity contribution is 0.154. The Bertz CT molecular complexity index is 571. The second-order valence-corrected chi connectivity index (χ2v) is 5.95. The molecule has 0 amide bonds. The fourth-order valence-corrected chi connectivity index (χ4v) is 3.29. The highest BCUT2D eigenvalue weighted by atomic mass is 16.3. The number of fused-ring (bicyclic) bond motifs is 1. The van der Waals surface area contributed by atoms with Crippen molar-refractivity contribution < 1.29 is 5.11 Å². The Labute approximate surface area is 121 Å². The molecule has 3 rings (SSSR count). The Balaban J connectivity index is 1.77. The third-order valence-corrected chi connectivity index (χ3v) is 4.46. The number of aryl methyl sites for hydroxylation is 2. The van der Waals surface area contributed by atoms with Crippen molar-refractivity contribution in [3.8, 4) is 0 Å². The van der Waals surface area contributed by atoms with Crippen molar-refractivity contribution in [3.63, 3.8) is 0 Å². The highest BCUT2D eigenvalue weighted by molar-refractivity contribution is 5.33. The topological polar surface area (TPSA) is 20.2 Å². The molecule has 2 atom stereocenters. The Hall–Kier alpha value is -1.60. The van der Waals surface area contributed by atoms with Crippen LogP contribution in [0.15, 0.2) is 48.5 Å². The van der Waals surface area contributed by atoms with Crippen LogP contribution in [0, 0.1) is 6.92 Å². The molecule has 0 saturated carbocycles. The first-order chi connectivity index (χ1) is 9.74. The average molecular weight is 266 g/mol. The van der Waals surface area contributed by atoms with Gasteiger partial charge in [0.25, 0.3) is 0 Å². The summed E-state index contributed by atoms with van der Waals surface area (Å²) in [5, 5.41) is 10.5. The highest BCUT2D eigenvalue weighted by Gasteiger charge is 2.22. The summed E-state index contributed by atoms with van der Waals surface area (Å²) >= 11 is 0. The minimum Gasteiger partial charge on any atom is -0.388 e. The molecule has 2 unspecified atom stereocenters. The molecule has 0 saturated heterocycles. The van der Waals surface area contributed by atoms with E-state index in [1.165, 1.54) is 36.0 Å². The Kier molecular flexibility index (Phi) is 3.88. The minimum atomic E-state index is -0.355. The average Bonchev–Trinajstić information content (AvgIpc) is 2.48. The fraction of sp³-hybridized carbons (Fsp3) is 0.368. The fourth-order valence-electron chi connectivity index (χ4n) is 3.29. The molecule has 0 heterocycles. The van der Waals surface area contributed by atoms with Crippen LogP contribution in [0.3, 0.4) is 0 Å². The molecule has 1 nitrogen and oxygen atoms in total. The molecule has 0 aliphatic heterocycles. The molecular formula is C19H22O. The van der Waals surface area contributed by atoms with Gasteiger partial charge in [0.05, 0.1) is 6.10 Å². The zero-order valence-electron chi connectivity index (χ0n) is 12.0. The predicted molar refractivity (Wildman–Crippen MR) is 82.9 cm³/mol. The molecule has 1 N–H and O–H groups in total. The number of aliphatic hydroxyl groups is 1. The summed E-state index contributed by atoms with van der Waals surface area (Å²) in [4.78, 5) is 0. The molecule has 104 valence electrons. The maximum absolute atomic E-state index is 10.5. The zero-order valence-corrected chi connectivity index (χ0v) is 12.0. The molecule has 1 heteroatoms. The molecule has 0 radical (unpaired) electrons. The number of rotatable bonds is 3. The maximum atomic E-state index is 10.5. The largest absolute Gasteiger partial charge is 0.388 e. The first kappa shape index (κ1) is 13.4. The van der Waals surface area contributed by atoms with Gasteiger partial charge in [-0.15, -0.1) is 0 Å². The second-order valence-electron chi connectivity index (χ2n) is 5.95. The number of hydrogen-bond donors (Lipinski definition) is 1. The third kappa shape index (κ3) is 2.78. The Morgan fingerprint density at radius 2 is 1.85 bits per heavy atom. The molecule has 0 aromatic heterocycles. The van der Waals surface area contributed by atoms with Crippen LogP contribution in [0.4, 0.5) is 0 Å². The molecular weight excluding hydrogens is 244 g/mol. The van der Waals surface area contributed by atoms with E-state index in [4.69, 9.17) is 0 Å². The Morgan fingerprint density at radius 3 is 2.65 bits per heavy atom. The van der Waals surface area contributed by atoms with Gasteiger partial charge in [0, 0.05) is 0 Å². The summed E-state index contributed by atoms with van der Waals surface area (Å²) in [6, 6.07) is 17.0. The van der Waals surface area contributed by atoms with Crippen molar-refractivity contribution in [2.45, 2.75) is 44.6 Å². The van der Waals surface area contributed by atoms with Crippen molar-refractivity contribution in [2.24, 2.45) is 0 Å². The van der Waals surface area contributed by atoms with Gasteiger partial charge in [0.15, 0.2) is 0 Å². The molecule has 20 heavy (non-hydrogen) atoms. The Morgan fingerprint density at radius 1 is 1.10 bits per heavy atom. The molecule has 2 aromatic carbocycles. The summed E-state index contributed by atoms with van der Waals surface area (Å²) in [5.74, 6) is 0.497. The smallest absolute Gasteiger partial charge is 0.0795 e. The highest BCUT2D eigenvalue weighted by Crippen LogP contribution is 2.37. The van der Waals surface area contributed by atoms with Gasteiger partial charge in [-0.2, -0.15) is 0 Å². The third-order valence-electron chi connectivity index (χ3n) is 4.46. The van der Waals surface area contributed by atoms with Crippen LogP contribution < -0.4 is 0 Å². The van der Waals surface area contributed by atoms with E-state index in [0.29, 0.717) is 5.92 Å². The van der Waals surface area contributed by atoms with E-state index in [0.717, 1.165) is 12.0 Å². The number of aliphatic hydroxyl groups excluding tert-OH is 1. The van der Waals surface area contributed by atoms with E-state index in [1.807, 2.05) is 0 Å². The first-order valence-electron chi connectivity index (χ1n) is 7.56. The van der Waals surface area contributed by atoms with E-state index in [1.54, 1.807) is 0 Å². The van der Waals surface area contributed by atoms with Crippen molar-refractivity contribution in [3.05, 3.63) is 70.8 Å². The van der Waals surface area contributed by atoms with E-state index in [2.05, 4.69) is 55.5 Å². The standard InChI is InChI=1S/C19H22O/c1-14-9-11-16(12-10-14)19(20)13-17-7-4-6-15-5-2-3-8-18(15)17/h2-3,5,8-12,17,19-20H,4,6-7,13H2,1H3. The van der Waals surface area contributed by atoms with Crippen LogP contribution in [-0.2, 0) is 6.42 Å². The molecule has 1 aliphatic carbocycles. The molecule has 0 spiro atoms. The lowest BCUT2D eigenvalue weighted by atomic mass is 9.79. The van der Waals surface area contributed by atoms with E-state index in [-0.39, 0.29) is 6.10 Å². The molecule has 2 aromatic rings. The lowest BCUT2D eigenvalue weighted by Crippen LogP contribution is -2.13. The molecule has 0 bridgehead atoms. The van der Waals surface area contributed by atoms with Gasteiger partial charge in [-0.1, -0.05) is 54.1 Å². The summed E-state index contributed by atoms with van der Waals surface area (Å²) < 4.78 is 0. The predicted octanol–water partition coefficient (Wildman–Crippen LogP) is 4.54. The second kappa shape index (κ2) is 5.80. The van der Waals surface area contributed by atoms with Crippen molar-refractivity contribution in [2.75, 3.05) is 0 Å². The summed E-state index contributed by atoms with van der Waals surface area (Å²) in [7, 11) is 0. The van der Waals surface area contributed by atoms with Crippen LogP contribution in [0.5, 0.6) is 0 Å². The van der Waals surface area contributed by atoms with Gasteiger partial charge in [0.1, 0.15) is 0 Å². The maximum Gasteiger partial charge on any atom is 0.0795 e. The van der Waals surface area contributed by atoms with Crippen LogP contribution in [0.1, 0.15) is 53.5 Å². The van der Waals surface area contributed by atoms with Crippen molar-refractivity contribution in [1.29, 1.82) is 0 Å². The summed E-state index contributed by atoms with van der Waals surface area (Å²) in [6.07, 6.45) is 4.10. The van der Waals surface area contributed by atoms with Crippen molar-refractivity contribution >= 4 is 0 Å². The van der Waals surface area contributed by atoms with Gasteiger partial charge in [-0.3, -0.25) is 0 Å². The quantitative estimate of drug-likeness (QED) is 0.864. The SMILES string of the molecule is Cc1ccc(C(O)CC2CCCc3ccccc32)cc1. The van der Waals surface area contributed by atoms with E-state index < -0.39 is 0 Å². The monoisotopic (exact) mass is 266 g/mol. The van der Waals surface area contributed by atoms with Crippen molar-refractivity contribution in [1.82, 2.24) is 0 Å². The van der Waals surface area contributed by atoms with E-state index in [9.17, 15) is 5.11 Å². The van der Waals surface area contributed by atoms with Gasteiger partial charge in [0.2, 0.25) is 0 Å². The van der Waals surface area contributed by atoms with Gasteiger partial charge < -0.3 is 5.11 Å². The zero-order chi connectivity index (χ0) is 13.9. The number of benzene rings is 2. The summed E-state index contributed by atoms with van der Waals surface area (Å²) in [6.45, 7) is 2.08. The van der Waals surface area contributed by atoms with Crippen LogP contribution >= 0.6 is 0 Å². The van der Waals surface area contributed by atoms with Crippen LogP contribution in [0.2, 0.25) is 0 Å². The molecule has 0 fully saturated rings. The lowest BCUT2D eigenvalue weighted by Gasteiger charge is -2.27. The van der Waals surface area contributed by atoms with Gasteiger partial charge in [-0.25, -0.2) is 0 Å². The van der Waals surface area contributed by atoms with E-state index >= 15 is 0 Å². The minimum absolute atomic E-state index is 0.355. The van der Waals surface area contributed by atoms with Crippen LogP contribution in [-0.4, -0.2) is 5.11 Å². The number of hydrogen-bond acceptors (Lipinski definition) is 1. The van der Waals surface area contributed by atoms with Crippen LogP contribution in [0.25, 0.3) is 0 Å². The van der Waals surface area contributed by atoms with Gasteiger partial charge in [-0.05, 0) is 55.2 Å². The first-order valence-corrected chi connectivity index (χ1v) is 7.56. The normalized spacial score (nSPS) is 19.4. The summed E-state index contributed by atoms with van der Waals surface area (Å²) in [5.41, 5.74) is 5.20. The van der Waals surface area contributed by atoms with Gasteiger partial charge >= 0.3 is 0 Å². The molecule has 1 aliphatic rings.